The fraction of sp³-hybridized carbons (Fsp3) is 0.300. The van der Waals surface area contributed by atoms with E-state index in [0.717, 1.165) is 11.2 Å². The molecule has 2 aromatic carbocycles. The summed E-state index contributed by atoms with van der Waals surface area (Å²) in [6, 6.07) is 1.52. The molecule has 1 heterocycles. The molecule has 0 bridgehead atoms. The average Bonchev–Trinajstić information content (AvgIpc) is 2.98. The van der Waals surface area contributed by atoms with Gasteiger partial charge in [0.2, 0.25) is 0 Å². The lowest BCUT2D eigenvalue weighted by atomic mass is 10.1. The van der Waals surface area contributed by atoms with Crippen LogP contribution in [0.5, 0.6) is 11.5 Å². The molecule has 2 amide bonds. The molecule has 9 heteroatoms. The SMILES string of the molecule is [2H]c1c([2H])c(N)c2c(c1[2H])C(=O)N([C@H](CS(C)(=O)=O)c1ccc(OC)c(OCC)c1)C2=O. The molecule has 0 spiro atoms. The molecule has 0 aromatic heterocycles. The van der Waals surface area contributed by atoms with E-state index in [2.05, 4.69) is 0 Å². The maximum Gasteiger partial charge on any atom is 0.264 e. The third-order valence-electron chi connectivity index (χ3n) is 4.41. The molecule has 2 N–H and O–H groups in total. The van der Waals surface area contributed by atoms with Crippen molar-refractivity contribution < 1.29 is 31.6 Å². The topological polar surface area (TPSA) is 116 Å². The van der Waals surface area contributed by atoms with Crippen LogP contribution in [0.3, 0.4) is 0 Å². The van der Waals surface area contributed by atoms with Gasteiger partial charge in [0.15, 0.2) is 11.5 Å². The summed E-state index contributed by atoms with van der Waals surface area (Å²) in [5.41, 5.74) is 4.96. The highest BCUT2D eigenvalue weighted by atomic mass is 32.2. The molecule has 0 radical (unpaired) electrons. The molecule has 2 aromatic rings. The van der Waals surface area contributed by atoms with Crippen molar-refractivity contribution in [3.63, 3.8) is 0 Å². The largest absolute Gasteiger partial charge is 0.493 e. The molecular weight excluding hydrogens is 396 g/mol. The Bertz CT molecular complexity index is 1190. The van der Waals surface area contributed by atoms with Crippen LogP contribution in [0.4, 0.5) is 5.69 Å². The van der Waals surface area contributed by atoms with Gasteiger partial charge in [-0.15, -0.1) is 0 Å². The first-order valence-corrected chi connectivity index (χ1v) is 10.7. The Morgan fingerprint density at radius 1 is 1.21 bits per heavy atom. The first-order chi connectivity index (χ1) is 14.9. The highest BCUT2D eigenvalue weighted by molar-refractivity contribution is 7.90. The van der Waals surface area contributed by atoms with Crippen molar-refractivity contribution in [2.45, 2.75) is 13.0 Å². The van der Waals surface area contributed by atoms with Crippen molar-refractivity contribution in [1.29, 1.82) is 0 Å². The van der Waals surface area contributed by atoms with Gasteiger partial charge in [0.1, 0.15) is 9.84 Å². The molecule has 154 valence electrons. The highest BCUT2D eigenvalue weighted by Gasteiger charge is 2.43. The van der Waals surface area contributed by atoms with Crippen LogP contribution >= 0.6 is 0 Å². The number of amides is 2. The zero-order chi connectivity index (χ0) is 24.0. The Morgan fingerprint density at radius 2 is 1.93 bits per heavy atom. The van der Waals surface area contributed by atoms with Crippen LogP contribution in [0.25, 0.3) is 0 Å². The number of anilines is 1. The number of rotatable bonds is 7. The van der Waals surface area contributed by atoms with Gasteiger partial charge in [0.25, 0.3) is 11.8 Å². The molecular formula is C20H22N2O6S. The number of carbonyl (C=O) groups is 2. The standard InChI is InChI=1S/C20H22N2O6S/c1-4-28-17-10-12(8-9-16(17)27-2)15(11-29(3,25)26)22-19(23)13-6-5-7-14(21)18(13)20(22)24/h5-10,15H,4,11,21H2,1-3H3/t15-/m1/s1/i5D,6D,7D. The molecule has 0 saturated heterocycles. The van der Waals surface area contributed by atoms with Gasteiger partial charge in [-0.25, -0.2) is 8.42 Å². The number of hydrogen-bond donors (Lipinski definition) is 1. The van der Waals surface area contributed by atoms with Gasteiger partial charge in [-0.1, -0.05) is 12.1 Å². The van der Waals surface area contributed by atoms with Crippen LogP contribution in [-0.2, 0) is 9.84 Å². The lowest BCUT2D eigenvalue weighted by Gasteiger charge is -2.26. The van der Waals surface area contributed by atoms with Gasteiger partial charge in [-0.2, -0.15) is 0 Å². The molecule has 0 saturated carbocycles. The predicted octanol–water partition coefficient (Wildman–Crippen LogP) is 2.06. The van der Waals surface area contributed by atoms with Crippen molar-refractivity contribution in [3.8, 4) is 11.5 Å². The minimum atomic E-state index is -3.69. The van der Waals surface area contributed by atoms with Gasteiger partial charge < -0.3 is 15.2 Å². The van der Waals surface area contributed by atoms with Crippen molar-refractivity contribution in [3.05, 3.63) is 53.0 Å². The van der Waals surface area contributed by atoms with Crippen LogP contribution in [0.2, 0.25) is 0 Å². The molecule has 1 aliphatic heterocycles. The lowest BCUT2D eigenvalue weighted by Crippen LogP contribution is -2.37. The highest BCUT2D eigenvalue weighted by Crippen LogP contribution is 2.37. The monoisotopic (exact) mass is 421 g/mol. The van der Waals surface area contributed by atoms with Crippen molar-refractivity contribution in [2.24, 2.45) is 0 Å². The second-order valence-electron chi connectivity index (χ2n) is 6.47. The third kappa shape index (κ3) is 3.91. The smallest absolute Gasteiger partial charge is 0.264 e. The number of fused-ring (bicyclic) bond motifs is 1. The first-order valence-electron chi connectivity index (χ1n) is 10.2. The van der Waals surface area contributed by atoms with Gasteiger partial charge in [0, 0.05) is 11.9 Å². The summed E-state index contributed by atoms with van der Waals surface area (Å²) in [5, 5.41) is 0. The second-order valence-corrected chi connectivity index (χ2v) is 8.66. The Morgan fingerprint density at radius 3 is 2.55 bits per heavy atom. The van der Waals surface area contributed by atoms with E-state index in [1.165, 1.54) is 25.3 Å². The summed E-state index contributed by atoms with van der Waals surface area (Å²) in [6.07, 6.45) is 0.971. The maximum absolute atomic E-state index is 13.2. The number of carbonyl (C=O) groups excluding carboxylic acids is 2. The molecule has 0 aliphatic carbocycles. The molecule has 0 fully saturated rings. The summed E-state index contributed by atoms with van der Waals surface area (Å²) < 4.78 is 59.0. The lowest BCUT2D eigenvalue weighted by molar-refractivity contribution is 0.0598. The van der Waals surface area contributed by atoms with Gasteiger partial charge >= 0.3 is 0 Å². The van der Waals surface area contributed by atoms with Gasteiger partial charge in [-0.05, 0) is 36.7 Å². The second kappa shape index (κ2) is 7.75. The quantitative estimate of drug-likeness (QED) is 0.537. The van der Waals surface area contributed by atoms with Crippen LogP contribution in [0.1, 0.15) is 43.4 Å². The number of benzene rings is 2. The Balaban J connectivity index is 2.21. The van der Waals surface area contributed by atoms with Crippen LogP contribution in [0, 0.1) is 0 Å². The molecule has 0 unspecified atom stereocenters. The fourth-order valence-corrected chi connectivity index (χ4v) is 4.11. The number of sulfone groups is 1. The number of nitrogens with zero attached hydrogens (tertiary/aromatic N) is 1. The van der Waals surface area contributed by atoms with Crippen LogP contribution < -0.4 is 15.2 Å². The van der Waals surface area contributed by atoms with Crippen LogP contribution in [-0.4, -0.2) is 50.9 Å². The van der Waals surface area contributed by atoms with E-state index < -0.39 is 62.8 Å². The Hall–Kier alpha value is -3.07. The minimum Gasteiger partial charge on any atom is -0.493 e. The normalized spacial score (nSPS) is 16.1. The number of nitrogen functional groups attached to an aromatic ring is 1. The van der Waals surface area contributed by atoms with E-state index in [1.807, 2.05) is 0 Å². The van der Waals surface area contributed by atoms with E-state index in [1.54, 1.807) is 6.92 Å². The van der Waals surface area contributed by atoms with Crippen molar-refractivity contribution >= 4 is 27.3 Å². The van der Waals surface area contributed by atoms with Crippen molar-refractivity contribution in [2.75, 3.05) is 31.5 Å². The van der Waals surface area contributed by atoms with Crippen LogP contribution in [0.15, 0.2) is 36.3 Å². The summed E-state index contributed by atoms with van der Waals surface area (Å²) in [4.78, 5) is 27.2. The number of imide groups is 1. The van der Waals surface area contributed by atoms with E-state index in [4.69, 9.17) is 19.3 Å². The van der Waals surface area contributed by atoms with Crippen molar-refractivity contribution in [1.82, 2.24) is 4.90 Å². The third-order valence-corrected chi connectivity index (χ3v) is 5.34. The predicted molar refractivity (Wildman–Crippen MR) is 108 cm³/mol. The first kappa shape index (κ1) is 16.8. The van der Waals surface area contributed by atoms with Gasteiger partial charge in [-0.3, -0.25) is 14.5 Å². The Kier molecular flexibility index (Phi) is 4.50. The summed E-state index contributed by atoms with van der Waals surface area (Å²) in [5.74, 6) is -1.79. The van der Waals surface area contributed by atoms with E-state index >= 15 is 0 Å². The van der Waals surface area contributed by atoms with E-state index in [-0.39, 0.29) is 11.1 Å². The summed E-state index contributed by atoms with van der Waals surface area (Å²) in [6.45, 7) is 2.04. The number of hydrogen-bond acceptors (Lipinski definition) is 7. The van der Waals surface area contributed by atoms with E-state index in [9.17, 15) is 18.0 Å². The van der Waals surface area contributed by atoms with E-state index in [0.29, 0.717) is 18.1 Å². The number of nitrogens with two attached hydrogens (primary N) is 1. The molecule has 8 nitrogen and oxygen atoms in total. The Labute approximate surface area is 173 Å². The number of ether oxygens (including phenoxy) is 2. The minimum absolute atomic E-state index is 0.288. The molecule has 3 rings (SSSR count). The fourth-order valence-electron chi connectivity index (χ4n) is 3.19. The zero-order valence-corrected chi connectivity index (χ0v) is 16.9. The summed E-state index contributed by atoms with van der Waals surface area (Å²) in [7, 11) is -2.26. The molecule has 1 atom stereocenters. The number of methoxy groups -OCH3 is 1. The molecule has 1 aliphatic rings. The molecule has 29 heavy (non-hydrogen) atoms. The maximum atomic E-state index is 13.2. The van der Waals surface area contributed by atoms with Gasteiger partial charge in [0.05, 0.1) is 40.8 Å². The zero-order valence-electron chi connectivity index (χ0n) is 19.1. The average molecular weight is 421 g/mol. The summed E-state index contributed by atoms with van der Waals surface area (Å²) >= 11 is 0.